The van der Waals surface area contributed by atoms with E-state index in [2.05, 4.69) is 30.2 Å². The maximum absolute atomic E-state index is 13.5. The summed E-state index contributed by atoms with van der Waals surface area (Å²) in [4.78, 5) is 13.6. The Bertz CT molecular complexity index is 1620. The average molecular weight is 585 g/mol. The lowest BCUT2D eigenvalue weighted by atomic mass is 9.87. The molecule has 0 radical (unpaired) electrons. The average Bonchev–Trinajstić information content (AvgIpc) is 3.41. The number of hydrogen-bond acceptors (Lipinski definition) is 8. The SMILES string of the molecule is COc1ccc(CN2C3CC2CN(c2ccc(-c4cc(NCC(F)(F)C(F)(F)F)cn5ncc(C#N)c45)cn2)C3)cn1. The predicted molar refractivity (Wildman–Crippen MR) is 143 cm³/mol. The van der Waals surface area contributed by atoms with Gasteiger partial charge < -0.3 is 15.0 Å². The van der Waals surface area contributed by atoms with E-state index in [1.807, 2.05) is 30.5 Å². The van der Waals surface area contributed by atoms with Gasteiger partial charge in [-0.15, -0.1) is 0 Å². The molecule has 4 aromatic heterocycles. The van der Waals surface area contributed by atoms with Gasteiger partial charge >= 0.3 is 12.1 Å². The van der Waals surface area contributed by atoms with Crippen LogP contribution in [0.15, 0.2) is 55.1 Å². The molecule has 0 saturated carbocycles. The van der Waals surface area contributed by atoms with Crippen LogP contribution in [-0.4, -0.2) is 75.4 Å². The van der Waals surface area contributed by atoms with Gasteiger partial charge in [0.25, 0.3) is 0 Å². The quantitative estimate of drug-likeness (QED) is 0.297. The van der Waals surface area contributed by atoms with Crippen molar-refractivity contribution in [1.82, 2.24) is 24.5 Å². The zero-order valence-electron chi connectivity index (χ0n) is 22.3. The third kappa shape index (κ3) is 5.04. The molecule has 14 heteroatoms. The van der Waals surface area contributed by atoms with Crippen molar-refractivity contribution < 1.29 is 26.7 Å². The number of hydrogen-bond donors (Lipinski definition) is 1. The summed E-state index contributed by atoms with van der Waals surface area (Å²) >= 11 is 0. The minimum absolute atomic E-state index is 0.0126. The van der Waals surface area contributed by atoms with Crippen LogP contribution in [0.25, 0.3) is 16.6 Å². The van der Waals surface area contributed by atoms with Crippen molar-refractivity contribution in [3.8, 4) is 23.1 Å². The molecule has 3 aliphatic heterocycles. The first kappa shape index (κ1) is 27.6. The number of fused-ring (bicyclic) bond motifs is 3. The lowest BCUT2D eigenvalue weighted by molar-refractivity contribution is -0.275. The van der Waals surface area contributed by atoms with Crippen LogP contribution in [-0.2, 0) is 6.54 Å². The zero-order chi connectivity index (χ0) is 29.6. The molecule has 0 aliphatic carbocycles. The highest BCUT2D eigenvalue weighted by atomic mass is 19.4. The number of nitriles is 1. The van der Waals surface area contributed by atoms with Crippen molar-refractivity contribution >= 4 is 17.0 Å². The van der Waals surface area contributed by atoms with Gasteiger partial charge in [0.1, 0.15) is 11.9 Å². The Morgan fingerprint density at radius 1 is 1.05 bits per heavy atom. The number of rotatable bonds is 8. The van der Waals surface area contributed by atoms with Crippen molar-refractivity contribution in [2.75, 3.05) is 37.0 Å². The molecule has 7 rings (SSSR count). The molecule has 42 heavy (non-hydrogen) atoms. The van der Waals surface area contributed by atoms with Crippen LogP contribution in [0.3, 0.4) is 0 Å². The maximum atomic E-state index is 13.5. The van der Waals surface area contributed by atoms with Crippen LogP contribution in [0.1, 0.15) is 17.5 Å². The molecule has 3 aliphatic rings. The van der Waals surface area contributed by atoms with Crippen molar-refractivity contribution in [2.24, 2.45) is 0 Å². The van der Waals surface area contributed by atoms with E-state index in [1.165, 1.54) is 23.0 Å². The fourth-order valence-electron chi connectivity index (χ4n) is 5.53. The first-order chi connectivity index (χ1) is 20.1. The number of nitrogens with zero attached hydrogens (tertiary/aromatic N) is 7. The van der Waals surface area contributed by atoms with Gasteiger partial charge in [0.2, 0.25) is 5.88 Å². The van der Waals surface area contributed by atoms with Crippen LogP contribution in [0, 0.1) is 11.3 Å². The monoisotopic (exact) mass is 584 g/mol. The van der Waals surface area contributed by atoms with Crippen LogP contribution >= 0.6 is 0 Å². The summed E-state index contributed by atoms with van der Waals surface area (Å²) in [6.45, 7) is 0.748. The van der Waals surface area contributed by atoms with E-state index in [4.69, 9.17) is 4.74 Å². The lowest BCUT2D eigenvalue weighted by Crippen LogP contribution is -2.68. The molecular formula is C28H25F5N8O. The van der Waals surface area contributed by atoms with E-state index in [0.29, 0.717) is 34.6 Å². The third-order valence-corrected chi connectivity index (χ3v) is 7.76. The zero-order valence-corrected chi connectivity index (χ0v) is 22.3. The molecule has 4 aromatic rings. The molecule has 2 bridgehead atoms. The van der Waals surface area contributed by atoms with Crippen LogP contribution in [0.4, 0.5) is 33.5 Å². The fraction of sp³-hybridized carbons (Fsp3) is 0.357. The van der Waals surface area contributed by atoms with E-state index >= 15 is 0 Å². The number of alkyl halides is 5. The first-order valence-electron chi connectivity index (χ1n) is 13.1. The highest BCUT2D eigenvalue weighted by Crippen LogP contribution is 2.38. The van der Waals surface area contributed by atoms with E-state index in [0.717, 1.165) is 37.4 Å². The summed E-state index contributed by atoms with van der Waals surface area (Å²) in [6.07, 6.45) is 1.41. The highest BCUT2D eigenvalue weighted by Gasteiger charge is 2.57. The number of anilines is 2. The Hall–Kier alpha value is -4.51. The lowest BCUT2D eigenvalue weighted by Gasteiger charge is -2.56. The van der Waals surface area contributed by atoms with Gasteiger partial charge in [-0.1, -0.05) is 6.07 Å². The summed E-state index contributed by atoms with van der Waals surface area (Å²) in [5.74, 6) is -3.58. The Balaban J connectivity index is 1.19. The molecule has 2 atom stereocenters. The van der Waals surface area contributed by atoms with Crippen LogP contribution < -0.4 is 15.0 Å². The largest absolute Gasteiger partial charge is 0.481 e. The van der Waals surface area contributed by atoms with E-state index in [-0.39, 0.29) is 11.3 Å². The molecule has 0 aromatic carbocycles. The Labute approximate surface area is 237 Å². The van der Waals surface area contributed by atoms with Crippen molar-refractivity contribution in [1.29, 1.82) is 5.26 Å². The van der Waals surface area contributed by atoms with Crippen molar-refractivity contribution in [3.05, 3.63) is 66.2 Å². The summed E-state index contributed by atoms with van der Waals surface area (Å²) < 4.78 is 71.5. The summed E-state index contributed by atoms with van der Waals surface area (Å²) in [5, 5.41) is 15.8. The molecule has 1 N–H and O–H groups in total. The third-order valence-electron chi connectivity index (χ3n) is 7.76. The molecule has 3 fully saturated rings. The fourth-order valence-corrected chi connectivity index (χ4v) is 5.53. The Morgan fingerprint density at radius 2 is 1.83 bits per heavy atom. The second-order valence-electron chi connectivity index (χ2n) is 10.4. The summed E-state index contributed by atoms with van der Waals surface area (Å²) in [6, 6.07) is 11.7. The number of methoxy groups -OCH3 is 1. The topological polar surface area (TPSA) is 94.6 Å². The molecule has 0 spiro atoms. The van der Waals surface area contributed by atoms with Gasteiger partial charge in [-0.25, -0.2) is 14.5 Å². The number of piperidine rings is 1. The number of nitrogens with one attached hydrogen (secondary N) is 1. The second-order valence-corrected chi connectivity index (χ2v) is 10.4. The smallest absolute Gasteiger partial charge is 0.455 e. The van der Waals surface area contributed by atoms with Crippen LogP contribution in [0.5, 0.6) is 5.88 Å². The molecule has 3 saturated heterocycles. The predicted octanol–water partition coefficient (Wildman–Crippen LogP) is 4.74. The molecule has 0 amide bonds. The summed E-state index contributed by atoms with van der Waals surface area (Å²) in [7, 11) is 1.58. The minimum atomic E-state index is -5.69. The summed E-state index contributed by atoms with van der Waals surface area (Å²) in [5.41, 5.74) is 2.70. The molecule has 218 valence electrons. The minimum Gasteiger partial charge on any atom is -0.481 e. The maximum Gasteiger partial charge on any atom is 0.455 e. The molecule has 9 nitrogen and oxygen atoms in total. The second kappa shape index (κ2) is 10.4. The van der Waals surface area contributed by atoms with Crippen molar-refractivity contribution in [2.45, 2.75) is 37.1 Å². The molecular weight excluding hydrogens is 559 g/mol. The number of aromatic nitrogens is 4. The van der Waals surface area contributed by atoms with E-state index in [1.54, 1.807) is 19.4 Å². The van der Waals surface area contributed by atoms with E-state index in [9.17, 15) is 27.2 Å². The van der Waals surface area contributed by atoms with E-state index < -0.39 is 18.6 Å². The van der Waals surface area contributed by atoms with Crippen LogP contribution in [0.2, 0.25) is 0 Å². The number of halogens is 5. The number of piperazine rings is 1. The molecule has 7 heterocycles. The number of ether oxygens (including phenoxy) is 1. The standard InChI is InChI=1S/C28H25F5N8O/c1-42-25-5-2-17(9-36-25)12-40-21-7-22(40)15-39(14-21)24-4-3-18(10-35-24)23-6-20(37-16-27(29,30)28(31,32)33)13-41-26(23)19(8-34)11-38-41/h2-6,9-11,13,21-22,37H,7,12,14-16H2,1H3. The van der Waals surface area contributed by atoms with Gasteiger partial charge in [0.05, 0.1) is 42.8 Å². The van der Waals surface area contributed by atoms with Gasteiger partial charge in [0, 0.05) is 61.3 Å². The Kier molecular flexibility index (Phi) is 6.84. The Morgan fingerprint density at radius 3 is 2.45 bits per heavy atom. The van der Waals surface area contributed by atoms with Gasteiger partial charge in [0.15, 0.2) is 0 Å². The van der Waals surface area contributed by atoms with Gasteiger partial charge in [-0.3, -0.25) is 4.90 Å². The van der Waals surface area contributed by atoms with Crippen molar-refractivity contribution in [3.63, 3.8) is 0 Å². The van der Waals surface area contributed by atoms with Gasteiger partial charge in [-0.05, 0) is 30.2 Å². The highest BCUT2D eigenvalue weighted by molar-refractivity contribution is 5.86. The molecule has 2 unspecified atom stereocenters. The normalized spacial score (nSPS) is 18.9. The number of pyridine rings is 3. The first-order valence-corrected chi connectivity index (χ1v) is 13.1. The van der Waals surface area contributed by atoms with Gasteiger partial charge in [-0.2, -0.15) is 32.3 Å².